The third-order valence-corrected chi connectivity index (χ3v) is 9.71. The number of nitrogens with one attached hydrogen (secondary N) is 1. The smallest absolute Gasteiger partial charge is 0.135 e. The first-order valence-corrected chi connectivity index (χ1v) is 15.7. The minimum absolute atomic E-state index is 0.492. The molecule has 1 aromatic heterocycles. The normalized spacial score (nSPS) is 13.6. The number of hydrogen-bond donors (Lipinski definition) is 1. The lowest BCUT2D eigenvalue weighted by Crippen LogP contribution is -2.32. The number of fused-ring (bicyclic) bond motifs is 12. The summed E-state index contributed by atoms with van der Waals surface area (Å²) < 4.78 is 12.8. The van der Waals surface area contributed by atoms with Gasteiger partial charge in [0, 0.05) is 33.3 Å². The van der Waals surface area contributed by atoms with E-state index in [1.807, 2.05) is 6.07 Å². The Kier molecular flexibility index (Phi) is 5.20. The summed E-state index contributed by atoms with van der Waals surface area (Å²) in [5, 5.41) is 5.92. The standard InChI is InChI=1S/C43H27NO2/c1-2-10-27(11-3-1)28-18-21-39-33(24-28)34-25-29(19-22-40(34)45-39)44-30-20-23-42-38(26-30)43(37-16-8-9-17-41(37)46-42)35-14-6-4-12-31(35)32-13-5-7-15-36(32)43/h1-26,44H. The van der Waals surface area contributed by atoms with Gasteiger partial charge in [-0.3, -0.25) is 0 Å². The largest absolute Gasteiger partial charge is 0.457 e. The average Bonchev–Trinajstić information content (AvgIpc) is 3.62. The molecular weight excluding hydrogens is 562 g/mol. The van der Waals surface area contributed by atoms with Crippen LogP contribution in [0, 0.1) is 0 Å². The Bertz CT molecular complexity index is 2440. The lowest BCUT2D eigenvalue weighted by Gasteiger charge is -2.39. The van der Waals surface area contributed by atoms with Crippen LogP contribution in [0.5, 0.6) is 11.5 Å². The number of furan rings is 1. The van der Waals surface area contributed by atoms with Crippen LogP contribution in [0.3, 0.4) is 0 Å². The molecule has 1 spiro atoms. The summed E-state index contributed by atoms with van der Waals surface area (Å²) in [7, 11) is 0. The van der Waals surface area contributed by atoms with E-state index in [9.17, 15) is 0 Å². The maximum atomic E-state index is 6.60. The van der Waals surface area contributed by atoms with E-state index in [0.717, 1.165) is 55.9 Å². The molecule has 216 valence electrons. The van der Waals surface area contributed by atoms with E-state index in [2.05, 4.69) is 157 Å². The summed E-state index contributed by atoms with van der Waals surface area (Å²) >= 11 is 0. The quantitative estimate of drug-likeness (QED) is 0.223. The van der Waals surface area contributed by atoms with Crippen molar-refractivity contribution in [2.75, 3.05) is 5.32 Å². The minimum Gasteiger partial charge on any atom is -0.457 e. The molecule has 10 rings (SSSR count). The highest BCUT2D eigenvalue weighted by Gasteiger charge is 2.50. The highest BCUT2D eigenvalue weighted by atomic mass is 16.5. The molecule has 0 radical (unpaired) electrons. The van der Waals surface area contributed by atoms with Crippen LogP contribution in [0.2, 0.25) is 0 Å². The topological polar surface area (TPSA) is 34.4 Å². The van der Waals surface area contributed by atoms with Crippen molar-refractivity contribution >= 4 is 33.3 Å². The predicted molar refractivity (Wildman–Crippen MR) is 186 cm³/mol. The van der Waals surface area contributed by atoms with Crippen LogP contribution >= 0.6 is 0 Å². The molecule has 8 aromatic rings. The van der Waals surface area contributed by atoms with E-state index in [0.29, 0.717) is 0 Å². The molecule has 0 saturated carbocycles. The van der Waals surface area contributed by atoms with Gasteiger partial charge in [-0.05, 0) is 88.0 Å². The predicted octanol–water partition coefficient (Wildman–Crippen LogP) is 11.5. The lowest BCUT2D eigenvalue weighted by atomic mass is 9.66. The molecule has 2 aliphatic rings. The molecule has 0 unspecified atom stereocenters. The SMILES string of the molecule is c1ccc(-c2ccc3oc4ccc(Nc5ccc6c(c5)C5(c7ccccc7O6)c6ccccc6-c6ccccc65)cc4c3c2)cc1. The molecule has 1 aliphatic heterocycles. The van der Waals surface area contributed by atoms with Gasteiger partial charge in [0.1, 0.15) is 22.7 Å². The fraction of sp³-hybridized carbons (Fsp3) is 0.0233. The number of rotatable bonds is 3. The Labute approximate surface area is 266 Å². The molecule has 0 bridgehead atoms. The van der Waals surface area contributed by atoms with Gasteiger partial charge in [0.2, 0.25) is 0 Å². The van der Waals surface area contributed by atoms with Crippen molar-refractivity contribution in [3.05, 3.63) is 180 Å². The van der Waals surface area contributed by atoms with E-state index in [-0.39, 0.29) is 0 Å². The van der Waals surface area contributed by atoms with E-state index >= 15 is 0 Å². The molecular formula is C43H27NO2. The second kappa shape index (κ2) is 9.47. The average molecular weight is 590 g/mol. The first-order chi connectivity index (χ1) is 22.8. The van der Waals surface area contributed by atoms with Crippen molar-refractivity contribution in [3.8, 4) is 33.8 Å². The Morgan fingerprint density at radius 3 is 1.78 bits per heavy atom. The highest BCUT2D eigenvalue weighted by Crippen LogP contribution is 2.62. The number of benzene rings is 7. The van der Waals surface area contributed by atoms with E-state index < -0.39 is 5.41 Å². The summed E-state index contributed by atoms with van der Waals surface area (Å²) in [6.45, 7) is 0. The van der Waals surface area contributed by atoms with Gasteiger partial charge in [-0.2, -0.15) is 0 Å². The fourth-order valence-corrected chi connectivity index (χ4v) is 7.77. The lowest BCUT2D eigenvalue weighted by molar-refractivity contribution is 0.436. The van der Waals surface area contributed by atoms with Crippen LogP contribution in [0.15, 0.2) is 162 Å². The molecule has 3 heteroatoms. The molecule has 0 atom stereocenters. The zero-order chi connectivity index (χ0) is 30.2. The van der Waals surface area contributed by atoms with Crippen molar-refractivity contribution in [2.24, 2.45) is 0 Å². The van der Waals surface area contributed by atoms with Gasteiger partial charge in [0.25, 0.3) is 0 Å². The number of ether oxygens (including phenoxy) is 1. The zero-order valence-electron chi connectivity index (χ0n) is 24.8. The Balaban J connectivity index is 1.12. The second-order valence-electron chi connectivity index (χ2n) is 12.2. The Morgan fingerprint density at radius 2 is 1.00 bits per heavy atom. The highest BCUT2D eigenvalue weighted by molar-refractivity contribution is 6.07. The van der Waals surface area contributed by atoms with E-state index in [1.165, 1.54) is 33.4 Å². The number of hydrogen-bond acceptors (Lipinski definition) is 3. The molecule has 0 fully saturated rings. The van der Waals surface area contributed by atoms with E-state index in [4.69, 9.17) is 9.15 Å². The van der Waals surface area contributed by atoms with Gasteiger partial charge in [0.05, 0.1) is 5.41 Å². The molecule has 7 aromatic carbocycles. The fourth-order valence-electron chi connectivity index (χ4n) is 7.77. The summed E-state index contributed by atoms with van der Waals surface area (Å²) in [6.07, 6.45) is 0. The first kappa shape index (κ1) is 25.3. The Morgan fingerprint density at radius 1 is 0.413 bits per heavy atom. The minimum atomic E-state index is -0.492. The third-order valence-electron chi connectivity index (χ3n) is 9.71. The van der Waals surface area contributed by atoms with Crippen LogP contribution < -0.4 is 10.1 Å². The Hall–Kier alpha value is -6.06. The van der Waals surface area contributed by atoms with Crippen molar-refractivity contribution in [1.29, 1.82) is 0 Å². The van der Waals surface area contributed by atoms with Gasteiger partial charge in [-0.1, -0.05) is 103 Å². The third kappa shape index (κ3) is 3.48. The van der Waals surface area contributed by atoms with Gasteiger partial charge in [0.15, 0.2) is 0 Å². The van der Waals surface area contributed by atoms with Crippen molar-refractivity contribution in [1.82, 2.24) is 0 Å². The molecule has 46 heavy (non-hydrogen) atoms. The second-order valence-corrected chi connectivity index (χ2v) is 12.2. The van der Waals surface area contributed by atoms with Crippen molar-refractivity contribution in [3.63, 3.8) is 0 Å². The summed E-state index contributed by atoms with van der Waals surface area (Å²) in [4.78, 5) is 0. The molecule has 0 amide bonds. The van der Waals surface area contributed by atoms with E-state index in [1.54, 1.807) is 0 Å². The molecule has 1 N–H and O–H groups in total. The van der Waals surface area contributed by atoms with Crippen LogP contribution in [-0.2, 0) is 5.41 Å². The zero-order valence-corrected chi connectivity index (χ0v) is 24.8. The summed E-state index contributed by atoms with van der Waals surface area (Å²) in [5.41, 5.74) is 13.0. The monoisotopic (exact) mass is 589 g/mol. The first-order valence-electron chi connectivity index (χ1n) is 15.7. The molecule has 1 aliphatic carbocycles. The molecule has 2 heterocycles. The van der Waals surface area contributed by atoms with Crippen molar-refractivity contribution < 1.29 is 9.15 Å². The molecule has 0 saturated heterocycles. The van der Waals surface area contributed by atoms with Gasteiger partial charge in [-0.15, -0.1) is 0 Å². The maximum absolute atomic E-state index is 6.60. The number of anilines is 2. The van der Waals surface area contributed by atoms with Gasteiger partial charge in [-0.25, -0.2) is 0 Å². The maximum Gasteiger partial charge on any atom is 0.135 e. The van der Waals surface area contributed by atoms with Gasteiger partial charge < -0.3 is 14.5 Å². The van der Waals surface area contributed by atoms with Crippen LogP contribution in [0.1, 0.15) is 22.3 Å². The number of para-hydroxylation sites is 1. The van der Waals surface area contributed by atoms with Crippen LogP contribution in [0.25, 0.3) is 44.2 Å². The summed E-state index contributed by atoms with van der Waals surface area (Å²) in [5.74, 6) is 1.77. The summed E-state index contributed by atoms with van der Waals surface area (Å²) in [6, 6.07) is 55.8. The van der Waals surface area contributed by atoms with Crippen LogP contribution in [-0.4, -0.2) is 0 Å². The molecule has 3 nitrogen and oxygen atoms in total. The van der Waals surface area contributed by atoms with Crippen LogP contribution in [0.4, 0.5) is 11.4 Å². The van der Waals surface area contributed by atoms with Crippen molar-refractivity contribution in [2.45, 2.75) is 5.41 Å². The van der Waals surface area contributed by atoms with Gasteiger partial charge >= 0.3 is 0 Å².